The maximum Gasteiger partial charge on any atom is 0.102 e. The van der Waals surface area contributed by atoms with Gasteiger partial charge in [0.2, 0.25) is 0 Å². The van der Waals surface area contributed by atoms with Crippen LogP contribution >= 0.6 is 0 Å². The number of hydrogen-bond donors (Lipinski definition) is 2. The quantitative estimate of drug-likeness (QED) is 0.885. The van der Waals surface area contributed by atoms with Crippen LogP contribution in [0.4, 0.5) is 0 Å². The minimum absolute atomic E-state index is 0.585. The van der Waals surface area contributed by atoms with E-state index in [1.54, 1.807) is 0 Å². The molecule has 4 nitrogen and oxygen atoms in total. The second-order valence-corrected chi connectivity index (χ2v) is 5.85. The number of benzene rings is 1. The summed E-state index contributed by atoms with van der Waals surface area (Å²) in [7, 11) is 0. The van der Waals surface area contributed by atoms with E-state index in [1.165, 1.54) is 5.56 Å². The molecule has 1 aliphatic rings. The van der Waals surface area contributed by atoms with Crippen molar-refractivity contribution >= 4 is 0 Å². The maximum absolute atomic E-state index is 11.0. The van der Waals surface area contributed by atoms with Crippen LogP contribution < -0.4 is 5.32 Å². The summed E-state index contributed by atoms with van der Waals surface area (Å²) in [6.45, 7) is 4.29. The summed E-state index contributed by atoms with van der Waals surface area (Å²) in [6, 6.07) is 8.26. The predicted molar refractivity (Wildman–Crippen MR) is 82.9 cm³/mol. The van der Waals surface area contributed by atoms with Crippen molar-refractivity contribution in [2.24, 2.45) is 0 Å². The molecule has 112 valence electrons. The van der Waals surface area contributed by atoms with Crippen molar-refractivity contribution in [2.45, 2.75) is 44.9 Å². The second-order valence-electron chi connectivity index (χ2n) is 5.85. The predicted octanol–water partition coefficient (Wildman–Crippen LogP) is 2.22. The average molecular weight is 285 g/mol. The van der Waals surface area contributed by atoms with Crippen LogP contribution in [0.25, 0.3) is 0 Å². The minimum Gasteiger partial charge on any atom is -0.384 e. The third-order valence-electron chi connectivity index (χ3n) is 4.31. The smallest absolute Gasteiger partial charge is 0.102 e. The van der Waals surface area contributed by atoms with Crippen molar-refractivity contribution < 1.29 is 5.11 Å². The van der Waals surface area contributed by atoms with Crippen LogP contribution in [0.1, 0.15) is 36.5 Å². The first kappa shape index (κ1) is 14.3. The highest BCUT2D eigenvalue weighted by molar-refractivity contribution is 5.35. The van der Waals surface area contributed by atoms with E-state index in [2.05, 4.69) is 35.5 Å². The third-order valence-corrected chi connectivity index (χ3v) is 4.31. The lowest BCUT2D eigenvalue weighted by Crippen LogP contribution is -2.40. The Bertz CT molecular complexity index is 608. The van der Waals surface area contributed by atoms with Gasteiger partial charge < -0.3 is 10.4 Å². The van der Waals surface area contributed by atoms with E-state index in [0.717, 1.165) is 43.5 Å². The number of aryl methyl sites for hydroxylation is 2. The van der Waals surface area contributed by atoms with Crippen LogP contribution in [0.2, 0.25) is 0 Å². The van der Waals surface area contributed by atoms with Crippen molar-refractivity contribution in [1.29, 1.82) is 0 Å². The van der Waals surface area contributed by atoms with Gasteiger partial charge in [-0.1, -0.05) is 24.3 Å². The van der Waals surface area contributed by atoms with Crippen LogP contribution in [0, 0.1) is 0 Å². The lowest BCUT2D eigenvalue weighted by molar-refractivity contribution is 0.0189. The highest BCUT2D eigenvalue weighted by atomic mass is 16.3. The Morgan fingerprint density at radius 2 is 2.24 bits per heavy atom. The van der Waals surface area contributed by atoms with Crippen molar-refractivity contribution in [3.05, 3.63) is 53.3 Å². The molecule has 2 aromatic rings. The van der Waals surface area contributed by atoms with Crippen LogP contribution in [0.3, 0.4) is 0 Å². The molecule has 0 bridgehead atoms. The molecule has 0 spiro atoms. The SMILES string of the molecule is CCn1cc(CNCC2(O)CCCc3ccccc32)cn1. The summed E-state index contributed by atoms with van der Waals surface area (Å²) in [5.41, 5.74) is 2.79. The molecule has 1 unspecified atom stereocenters. The van der Waals surface area contributed by atoms with Crippen LogP contribution in [0.5, 0.6) is 0 Å². The van der Waals surface area contributed by atoms with Gasteiger partial charge in [-0.25, -0.2) is 0 Å². The summed E-state index contributed by atoms with van der Waals surface area (Å²) in [5, 5.41) is 18.6. The van der Waals surface area contributed by atoms with E-state index in [4.69, 9.17) is 0 Å². The Morgan fingerprint density at radius 1 is 1.38 bits per heavy atom. The first-order valence-corrected chi connectivity index (χ1v) is 7.74. The van der Waals surface area contributed by atoms with Gasteiger partial charge in [0.25, 0.3) is 0 Å². The largest absolute Gasteiger partial charge is 0.384 e. The Kier molecular flexibility index (Phi) is 4.08. The fourth-order valence-electron chi connectivity index (χ4n) is 3.17. The molecule has 1 atom stereocenters. The van der Waals surface area contributed by atoms with Crippen LogP contribution in [-0.2, 0) is 25.1 Å². The molecule has 0 saturated carbocycles. The first-order chi connectivity index (χ1) is 10.2. The molecule has 0 aliphatic heterocycles. The monoisotopic (exact) mass is 285 g/mol. The Balaban J connectivity index is 1.65. The second kappa shape index (κ2) is 6.00. The number of aliphatic hydroxyl groups is 1. The van der Waals surface area contributed by atoms with Gasteiger partial charge in [-0.05, 0) is 37.3 Å². The van der Waals surface area contributed by atoms with Crippen molar-refractivity contribution in [1.82, 2.24) is 15.1 Å². The van der Waals surface area contributed by atoms with E-state index in [9.17, 15) is 5.11 Å². The maximum atomic E-state index is 11.0. The molecule has 1 heterocycles. The number of nitrogens with zero attached hydrogens (tertiary/aromatic N) is 2. The Hall–Kier alpha value is -1.65. The van der Waals surface area contributed by atoms with Gasteiger partial charge in [0, 0.05) is 31.4 Å². The van der Waals surface area contributed by atoms with Gasteiger partial charge >= 0.3 is 0 Å². The summed E-state index contributed by atoms with van der Waals surface area (Å²) in [4.78, 5) is 0. The molecule has 0 saturated heterocycles. The molecule has 3 rings (SSSR count). The topological polar surface area (TPSA) is 50.1 Å². The van der Waals surface area contributed by atoms with E-state index in [1.807, 2.05) is 23.1 Å². The minimum atomic E-state index is -0.740. The number of rotatable bonds is 5. The van der Waals surface area contributed by atoms with Gasteiger partial charge in [0.05, 0.1) is 6.20 Å². The molecular formula is C17H23N3O. The molecule has 0 radical (unpaired) electrons. The molecule has 0 amide bonds. The zero-order chi connectivity index (χ0) is 14.7. The lowest BCUT2D eigenvalue weighted by Gasteiger charge is -2.34. The molecule has 4 heteroatoms. The van der Waals surface area contributed by atoms with Gasteiger partial charge in [-0.2, -0.15) is 5.10 Å². The van der Waals surface area contributed by atoms with Crippen LogP contribution in [0.15, 0.2) is 36.7 Å². The summed E-state index contributed by atoms with van der Waals surface area (Å²) < 4.78 is 1.92. The van der Waals surface area contributed by atoms with Crippen molar-refractivity contribution in [3.8, 4) is 0 Å². The van der Waals surface area contributed by atoms with Gasteiger partial charge in [-0.15, -0.1) is 0 Å². The van der Waals surface area contributed by atoms with Gasteiger partial charge in [-0.3, -0.25) is 4.68 Å². The zero-order valence-corrected chi connectivity index (χ0v) is 12.5. The molecule has 1 aromatic carbocycles. The fraction of sp³-hybridized carbons (Fsp3) is 0.471. The summed E-state index contributed by atoms with van der Waals surface area (Å²) >= 11 is 0. The number of fused-ring (bicyclic) bond motifs is 1. The molecule has 1 aromatic heterocycles. The molecular weight excluding hydrogens is 262 g/mol. The van der Waals surface area contributed by atoms with E-state index >= 15 is 0 Å². The normalized spacial score (nSPS) is 21.2. The first-order valence-electron chi connectivity index (χ1n) is 7.74. The van der Waals surface area contributed by atoms with Gasteiger partial charge in [0.1, 0.15) is 5.60 Å². The van der Waals surface area contributed by atoms with Crippen molar-refractivity contribution in [2.75, 3.05) is 6.54 Å². The summed E-state index contributed by atoms with van der Waals surface area (Å²) in [5.74, 6) is 0. The highest BCUT2D eigenvalue weighted by Gasteiger charge is 2.33. The highest BCUT2D eigenvalue weighted by Crippen LogP contribution is 2.34. The third kappa shape index (κ3) is 3.01. The van der Waals surface area contributed by atoms with Crippen molar-refractivity contribution in [3.63, 3.8) is 0 Å². The fourth-order valence-corrected chi connectivity index (χ4v) is 3.17. The molecule has 0 fully saturated rings. The number of aromatic nitrogens is 2. The number of nitrogens with one attached hydrogen (secondary N) is 1. The van der Waals surface area contributed by atoms with E-state index < -0.39 is 5.60 Å². The van der Waals surface area contributed by atoms with E-state index in [-0.39, 0.29) is 0 Å². The lowest BCUT2D eigenvalue weighted by atomic mass is 9.79. The zero-order valence-electron chi connectivity index (χ0n) is 12.5. The Morgan fingerprint density at radius 3 is 3.05 bits per heavy atom. The summed E-state index contributed by atoms with van der Waals surface area (Å²) in [6.07, 6.45) is 6.87. The number of hydrogen-bond acceptors (Lipinski definition) is 3. The molecule has 2 N–H and O–H groups in total. The molecule has 21 heavy (non-hydrogen) atoms. The van der Waals surface area contributed by atoms with Crippen LogP contribution in [-0.4, -0.2) is 21.4 Å². The van der Waals surface area contributed by atoms with Gasteiger partial charge in [0.15, 0.2) is 0 Å². The standard InChI is InChI=1S/C17H23N3O/c1-2-20-12-14(11-19-20)10-18-13-17(21)9-5-7-15-6-3-4-8-16(15)17/h3-4,6,8,11-12,18,21H,2,5,7,9-10,13H2,1H3. The van der Waals surface area contributed by atoms with E-state index in [0.29, 0.717) is 6.54 Å². The Labute approximate surface area is 125 Å². The average Bonchev–Trinajstić information content (AvgIpc) is 2.96. The molecule has 1 aliphatic carbocycles.